The third-order valence-electron chi connectivity index (χ3n) is 4.15. The van der Waals surface area contributed by atoms with Crippen LogP contribution in [0.1, 0.15) is 27.6 Å². The minimum Gasteiger partial charge on any atom is -0.338 e. The Labute approximate surface area is 153 Å². The van der Waals surface area contributed by atoms with E-state index in [1.807, 2.05) is 24.3 Å². The molecule has 1 heterocycles. The molecule has 0 aromatic heterocycles. The number of hydrogen-bond acceptors (Lipinski definition) is 2. The molecule has 3 rings (SSSR count). The van der Waals surface area contributed by atoms with Crippen LogP contribution in [0.15, 0.2) is 36.4 Å². The summed E-state index contributed by atoms with van der Waals surface area (Å²) in [6, 6.07) is 9.29. The Hall–Kier alpha value is -1.66. The molecule has 0 unspecified atom stereocenters. The first-order chi connectivity index (χ1) is 12.0. The van der Waals surface area contributed by atoms with Crippen molar-refractivity contribution >= 4 is 29.3 Å². The summed E-state index contributed by atoms with van der Waals surface area (Å²) < 4.78 is 40.3. The highest BCUT2D eigenvalue weighted by Crippen LogP contribution is 2.38. The van der Waals surface area contributed by atoms with Crippen LogP contribution in [-0.4, -0.2) is 29.6 Å². The zero-order chi connectivity index (χ0) is 18.0. The number of amides is 1. The Kier molecular flexibility index (Phi) is 5.59. The van der Waals surface area contributed by atoms with Crippen LogP contribution in [0.25, 0.3) is 0 Å². The third kappa shape index (κ3) is 3.80. The van der Waals surface area contributed by atoms with Crippen LogP contribution in [0, 0.1) is 17.5 Å². The SMILES string of the molecule is O=C(c1ccc(F)c(F)c1F)N1CCS[C@H](c2ccccc2Cl)CC1. The van der Waals surface area contributed by atoms with Gasteiger partial charge in [0.15, 0.2) is 17.5 Å². The van der Waals surface area contributed by atoms with Gasteiger partial charge in [0.2, 0.25) is 0 Å². The Morgan fingerprint density at radius 3 is 2.60 bits per heavy atom. The van der Waals surface area contributed by atoms with E-state index in [-0.39, 0.29) is 5.25 Å². The highest BCUT2D eigenvalue weighted by molar-refractivity contribution is 7.99. The zero-order valence-corrected chi connectivity index (χ0v) is 14.7. The number of halogens is 4. The molecular weight excluding hydrogens is 371 g/mol. The predicted octanol–water partition coefficient (Wildman–Crippen LogP) is 5.08. The van der Waals surface area contributed by atoms with E-state index in [1.165, 1.54) is 4.90 Å². The van der Waals surface area contributed by atoms with Crippen LogP contribution < -0.4 is 0 Å². The van der Waals surface area contributed by atoms with E-state index < -0.39 is 28.9 Å². The lowest BCUT2D eigenvalue weighted by atomic mass is 10.1. The smallest absolute Gasteiger partial charge is 0.256 e. The molecule has 2 aromatic carbocycles. The van der Waals surface area contributed by atoms with E-state index in [0.29, 0.717) is 30.3 Å². The Morgan fingerprint density at radius 2 is 1.84 bits per heavy atom. The fourth-order valence-electron chi connectivity index (χ4n) is 2.82. The van der Waals surface area contributed by atoms with Crippen molar-refractivity contribution in [3.63, 3.8) is 0 Å². The number of carbonyl (C=O) groups excluding carboxylic acids is 1. The summed E-state index contributed by atoms with van der Waals surface area (Å²) in [6.45, 7) is 0.795. The Morgan fingerprint density at radius 1 is 1.08 bits per heavy atom. The molecule has 0 radical (unpaired) electrons. The van der Waals surface area contributed by atoms with Gasteiger partial charge in [-0.15, -0.1) is 0 Å². The number of carbonyl (C=O) groups is 1. The number of benzene rings is 2. The molecule has 0 bridgehead atoms. The molecule has 7 heteroatoms. The third-order valence-corrected chi connectivity index (χ3v) is 5.80. The summed E-state index contributed by atoms with van der Waals surface area (Å²) in [6.07, 6.45) is 0.644. The van der Waals surface area contributed by atoms with Gasteiger partial charge < -0.3 is 4.90 Å². The fraction of sp³-hybridized carbons (Fsp3) is 0.278. The number of rotatable bonds is 2. The molecule has 1 aliphatic heterocycles. The average Bonchev–Trinajstić information content (AvgIpc) is 2.86. The van der Waals surface area contributed by atoms with E-state index in [0.717, 1.165) is 17.7 Å². The van der Waals surface area contributed by atoms with Gasteiger partial charge in [-0.3, -0.25) is 4.79 Å². The molecule has 1 amide bonds. The minimum absolute atomic E-state index is 0.126. The molecule has 1 saturated heterocycles. The monoisotopic (exact) mass is 385 g/mol. The van der Waals surface area contributed by atoms with Crippen LogP contribution in [0.3, 0.4) is 0 Å². The Bertz CT molecular complexity index is 802. The van der Waals surface area contributed by atoms with E-state index in [4.69, 9.17) is 11.6 Å². The topological polar surface area (TPSA) is 20.3 Å². The maximum Gasteiger partial charge on any atom is 0.256 e. The van der Waals surface area contributed by atoms with Crippen LogP contribution in [0.4, 0.5) is 13.2 Å². The lowest BCUT2D eigenvalue weighted by molar-refractivity contribution is 0.0760. The first-order valence-corrected chi connectivity index (χ1v) is 9.20. The van der Waals surface area contributed by atoms with Gasteiger partial charge in [0, 0.05) is 29.1 Å². The van der Waals surface area contributed by atoms with Crippen molar-refractivity contribution in [2.24, 2.45) is 0 Å². The second-order valence-electron chi connectivity index (χ2n) is 5.68. The summed E-state index contributed by atoms with van der Waals surface area (Å²) in [7, 11) is 0. The van der Waals surface area contributed by atoms with Crippen molar-refractivity contribution in [2.45, 2.75) is 11.7 Å². The van der Waals surface area contributed by atoms with Crippen LogP contribution >= 0.6 is 23.4 Å². The molecule has 1 fully saturated rings. The molecule has 2 aromatic rings. The van der Waals surface area contributed by atoms with Crippen LogP contribution in [0.5, 0.6) is 0 Å². The molecule has 0 saturated carbocycles. The van der Waals surface area contributed by atoms with Crippen molar-refractivity contribution in [3.8, 4) is 0 Å². The highest BCUT2D eigenvalue weighted by atomic mass is 35.5. The van der Waals surface area contributed by atoms with Crippen molar-refractivity contribution in [1.82, 2.24) is 4.90 Å². The lowest BCUT2D eigenvalue weighted by Gasteiger charge is -2.21. The summed E-state index contributed by atoms with van der Waals surface area (Å²) in [4.78, 5) is 14.0. The first kappa shape index (κ1) is 18.1. The number of hydrogen-bond donors (Lipinski definition) is 0. The Balaban J connectivity index is 1.76. The number of thioether (sulfide) groups is 1. The van der Waals surface area contributed by atoms with Crippen molar-refractivity contribution in [3.05, 3.63) is 70.0 Å². The lowest BCUT2D eigenvalue weighted by Crippen LogP contribution is -2.33. The maximum absolute atomic E-state index is 13.9. The summed E-state index contributed by atoms with van der Waals surface area (Å²) >= 11 is 7.91. The second-order valence-corrected chi connectivity index (χ2v) is 7.40. The van der Waals surface area contributed by atoms with Crippen molar-refractivity contribution < 1.29 is 18.0 Å². The zero-order valence-electron chi connectivity index (χ0n) is 13.1. The molecule has 0 N–H and O–H groups in total. The molecule has 132 valence electrons. The van der Waals surface area contributed by atoms with Crippen molar-refractivity contribution in [2.75, 3.05) is 18.8 Å². The number of nitrogens with zero attached hydrogens (tertiary/aromatic N) is 1. The van der Waals surface area contributed by atoms with Crippen LogP contribution in [-0.2, 0) is 0 Å². The van der Waals surface area contributed by atoms with Gasteiger partial charge in [-0.25, -0.2) is 13.2 Å². The predicted molar refractivity (Wildman–Crippen MR) is 93.5 cm³/mol. The van der Waals surface area contributed by atoms with Gasteiger partial charge in [-0.1, -0.05) is 29.8 Å². The normalized spacial score (nSPS) is 18.1. The molecule has 2 nitrogen and oxygen atoms in total. The summed E-state index contributed by atoms with van der Waals surface area (Å²) in [5.41, 5.74) is 0.558. The quantitative estimate of drug-likeness (QED) is 0.672. The molecule has 0 spiro atoms. The first-order valence-electron chi connectivity index (χ1n) is 7.78. The van der Waals surface area contributed by atoms with Crippen LogP contribution in [0.2, 0.25) is 5.02 Å². The largest absolute Gasteiger partial charge is 0.338 e. The van der Waals surface area contributed by atoms with E-state index >= 15 is 0 Å². The van der Waals surface area contributed by atoms with Gasteiger partial charge in [-0.05, 0) is 30.2 Å². The van der Waals surface area contributed by atoms with Gasteiger partial charge in [-0.2, -0.15) is 11.8 Å². The molecule has 1 aliphatic rings. The minimum atomic E-state index is -1.62. The summed E-state index contributed by atoms with van der Waals surface area (Å²) in [5, 5.41) is 0.799. The fourth-order valence-corrected chi connectivity index (χ4v) is 4.42. The average molecular weight is 386 g/mol. The second kappa shape index (κ2) is 7.70. The highest BCUT2D eigenvalue weighted by Gasteiger charge is 2.27. The molecule has 0 aliphatic carbocycles. The molecule has 25 heavy (non-hydrogen) atoms. The molecule has 1 atom stereocenters. The standard InChI is InChI=1S/C18H15ClF3NOS/c19-13-4-2-1-3-11(13)15-7-8-23(9-10-25-15)18(24)12-5-6-14(20)17(22)16(12)21/h1-6,15H,7-10H2/t15-/m0/s1. The maximum atomic E-state index is 13.9. The summed E-state index contributed by atoms with van der Waals surface area (Å²) in [5.74, 6) is -4.35. The van der Waals surface area contributed by atoms with E-state index in [9.17, 15) is 18.0 Å². The van der Waals surface area contributed by atoms with E-state index in [1.54, 1.807) is 11.8 Å². The van der Waals surface area contributed by atoms with Crippen molar-refractivity contribution in [1.29, 1.82) is 0 Å². The van der Waals surface area contributed by atoms with Gasteiger partial charge in [0.05, 0.1) is 5.56 Å². The van der Waals surface area contributed by atoms with Gasteiger partial charge >= 0.3 is 0 Å². The van der Waals surface area contributed by atoms with Gasteiger partial charge in [0.1, 0.15) is 0 Å². The van der Waals surface area contributed by atoms with E-state index in [2.05, 4.69) is 0 Å². The molecular formula is C18H15ClF3NOS. The van der Waals surface area contributed by atoms with Gasteiger partial charge in [0.25, 0.3) is 5.91 Å².